The van der Waals surface area contributed by atoms with Crippen LogP contribution in [0.1, 0.15) is 6.42 Å². The molecule has 1 aliphatic rings. The molecule has 0 saturated carbocycles. The van der Waals surface area contributed by atoms with E-state index >= 15 is 0 Å². The van der Waals surface area contributed by atoms with Crippen LogP contribution in [-0.2, 0) is 4.79 Å². The Balaban J connectivity index is 2.06. The van der Waals surface area contributed by atoms with E-state index in [1.165, 1.54) is 18.3 Å². The van der Waals surface area contributed by atoms with Crippen LogP contribution in [-0.4, -0.2) is 34.1 Å². The van der Waals surface area contributed by atoms with Crippen LogP contribution in [0.25, 0.3) is 0 Å². The summed E-state index contributed by atoms with van der Waals surface area (Å²) in [6, 6.07) is 2.91. The molecule has 1 aromatic rings. The van der Waals surface area contributed by atoms with Crippen molar-refractivity contribution in [1.29, 1.82) is 0 Å². The molecule has 0 unspecified atom stereocenters. The van der Waals surface area contributed by atoms with E-state index in [0.29, 0.717) is 18.9 Å². The smallest absolute Gasteiger partial charge is 0.311 e. The Morgan fingerprint density at radius 3 is 2.94 bits per heavy atom. The topological polar surface area (TPSA) is 96.6 Å². The average molecular weight is 237 g/mol. The molecule has 7 heteroatoms. The second kappa shape index (κ2) is 4.36. The zero-order valence-electron chi connectivity index (χ0n) is 8.94. The second-order valence-corrected chi connectivity index (χ2v) is 3.97. The highest BCUT2D eigenvalue weighted by Gasteiger charge is 2.33. The Bertz CT molecular complexity index is 457. The maximum Gasteiger partial charge on any atom is 0.311 e. The van der Waals surface area contributed by atoms with Crippen molar-refractivity contribution in [3.63, 3.8) is 0 Å². The molecule has 2 rings (SSSR count). The Kier molecular flexibility index (Phi) is 2.90. The highest BCUT2D eigenvalue weighted by molar-refractivity contribution is 5.68. The Morgan fingerprint density at radius 2 is 2.35 bits per heavy atom. The molecule has 2 heterocycles. The van der Waals surface area contributed by atoms with Crippen LogP contribution in [0.2, 0.25) is 0 Å². The van der Waals surface area contributed by atoms with Gasteiger partial charge in [-0.15, -0.1) is 0 Å². The molecule has 90 valence electrons. The molecule has 17 heavy (non-hydrogen) atoms. The van der Waals surface area contributed by atoms with Crippen LogP contribution >= 0.6 is 0 Å². The van der Waals surface area contributed by atoms with Gasteiger partial charge in [0.1, 0.15) is 0 Å². The Hall–Kier alpha value is -2.18. The van der Waals surface area contributed by atoms with Crippen molar-refractivity contribution in [3.8, 4) is 0 Å². The molecule has 1 aromatic heterocycles. The van der Waals surface area contributed by atoms with E-state index in [9.17, 15) is 14.9 Å². The maximum absolute atomic E-state index is 10.8. The van der Waals surface area contributed by atoms with Crippen molar-refractivity contribution in [3.05, 3.63) is 28.4 Å². The molecular formula is C10H11N3O4. The standard InChI is InChI=1S/C10H11N3O4/c14-9(15)4-7-5-12(6-7)10-8(13(16)17)2-1-3-11-10/h1-3,7H,4-6H2,(H,14,15). The molecule has 0 aliphatic carbocycles. The fourth-order valence-corrected chi connectivity index (χ4v) is 1.89. The van der Waals surface area contributed by atoms with Gasteiger partial charge in [-0.25, -0.2) is 4.98 Å². The average Bonchev–Trinajstić information content (AvgIpc) is 2.22. The lowest BCUT2D eigenvalue weighted by atomic mass is 9.96. The van der Waals surface area contributed by atoms with E-state index in [2.05, 4.69) is 4.98 Å². The number of nitrogens with zero attached hydrogens (tertiary/aromatic N) is 3. The zero-order valence-corrected chi connectivity index (χ0v) is 8.94. The van der Waals surface area contributed by atoms with E-state index < -0.39 is 10.9 Å². The normalized spacial score (nSPS) is 15.4. The van der Waals surface area contributed by atoms with Crippen molar-refractivity contribution in [2.75, 3.05) is 18.0 Å². The number of aromatic nitrogens is 1. The first kappa shape index (κ1) is 11.3. The molecule has 7 nitrogen and oxygen atoms in total. The van der Waals surface area contributed by atoms with Crippen molar-refractivity contribution in [2.45, 2.75) is 6.42 Å². The zero-order chi connectivity index (χ0) is 12.4. The van der Waals surface area contributed by atoms with E-state index in [4.69, 9.17) is 5.11 Å². The third-order valence-corrected chi connectivity index (χ3v) is 2.68. The number of hydrogen-bond acceptors (Lipinski definition) is 5. The largest absolute Gasteiger partial charge is 0.481 e. The van der Waals surface area contributed by atoms with Gasteiger partial charge in [-0.05, 0) is 6.07 Å². The number of carbonyl (C=O) groups is 1. The van der Waals surface area contributed by atoms with Gasteiger partial charge in [0.2, 0.25) is 5.82 Å². The van der Waals surface area contributed by atoms with Gasteiger partial charge < -0.3 is 10.0 Å². The molecule has 1 aliphatic heterocycles. The first-order chi connectivity index (χ1) is 8.08. The molecule has 0 radical (unpaired) electrons. The number of aliphatic carboxylic acids is 1. The van der Waals surface area contributed by atoms with Gasteiger partial charge in [-0.2, -0.15) is 0 Å². The van der Waals surface area contributed by atoms with Crippen LogP contribution in [0.5, 0.6) is 0 Å². The quantitative estimate of drug-likeness (QED) is 0.617. The van der Waals surface area contributed by atoms with Gasteiger partial charge >= 0.3 is 11.7 Å². The molecule has 1 saturated heterocycles. The molecule has 0 bridgehead atoms. The predicted molar refractivity (Wildman–Crippen MR) is 58.8 cm³/mol. The summed E-state index contributed by atoms with van der Waals surface area (Å²) in [4.78, 5) is 26.5. The fourth-order valence-electron chi connectivity index (χ4n) is 1.89. The van der Waals surface area contributed by atoms with Gasteiger partial charge in [-0.1, -0.05) is 0 Å². The number of hydrogen-bond donors (Lipinski definition) is 1. The molecule has 1 N–H and O–H groups in total. The highest BCUT2D eigenvalue weighted by Crippen LogP contribution is 2.31. The molecule has 1 fully saturated rings. The van der Waals surface area contributed by atoms with Gasteiger partial charge in [-0.3, -0.25) is 14.9 Å². The fraction of sp³-hybridized carbons (Fsp3) is 0.400. The number of carboxylic acids is 1. The molecule has 0 spiro atoms. The number of rotatable bonds is 4. The van der Waals surface area contributed by atoms with E-state index in [0.717, 1.165) is 0 Å². The maximum atomic E-state index is 10.8. The lowest BCUT2D eigenvalue weighted by Gasteiger charge is -2.38. The summed E-state index contributed by atoms with van der Waals surface area (Å²) in [5.41, 5.74) is -0.0405. The van der Waals surface area contributed by atoms with Crippen LogP contribution in [0.15, 0.2) is 18.3 Å². The molecule has 0 aromatic carbocycles. The predicted octanol–water partition coefficient (Wildman–Crippen LogP) is 0.901. The van der Waals surface area contributed by atoms with Crippen molar-refractivity contribution in [1.82, 2.24) is 4.98 Å². The first-order valence-corrected chi connectivity index (χ1v) is 5.14. The minimum absolute atomic E-state index is 0.0405. The molecule has 0 amide bonds. The summed E-state index contributed by atoms with van der Waals surface area (Å²) in [6.07, 6.45) is 1.59. The minimum atomic E-state index is -0.842. The third-order valence-electron chi connectivity index (χ3n) is 2.68. The summed E-state index contributed by atoms with van der Waals surface area (Å²) in [7, 11) is 0. The van der Waals surface area contributed by atoms with Crippen LogP contribution in [0.4, 0.5) is 11.5 Å². The van der Waals surface area contributed by atoms with Crippen LogP contribution < -0.4 is 4.90 Å². The van der Waals surface area contributed by atoms with E-state index in [-0.39, 0.29) is 18.0 Å². The third kappa shape index (κ3) is 2.32. The van der Waals surface area contributed by atoms with Gasteiger partial charge in [0.05, 0.1) is 11.3 Å². The van der Waals surface area contributed by atoms with Crippen molar-refractivity contribution in [2.24, 2.45) is 5.92 Å². The number of pyridine rings is 1. The number of carboxylic acid groups (broad SMARTS) is 1. The van der Waals surface area contributed by atoms with E-state index in [1.807, 2.05) is 0 Å². The van der Waals surface area contributed by atoms with Crippen molar-refractivity contribution >= 4 is 17.5 Å². The van der Waals surface area contributed by atoms with Crippen LogP contribution in [0.3, 0.4) is 0 Å². The SMILES string of the molecule is O=C(O)CC1CN(c2ncccc2[N+](=O)[O-])C1. The monoisotopic (exact) mass is 237 g/mol. The summed E-state index contributed by atoms with van der Waals surface area (Å²) < 4.78 is 0. The van der Waals surface area contributed by atoms with Gasteiger partial charge in [0, 0.05) is 31.3 Å². The number of nitro groups is 1. The van der Waals surface area contributed by atoms with Gasteiger partial charge in [0.25, 0.3) is 0 Å². The van der Waals surface area contributed by atoms with E-state index in [1.54, 1.807) is 4.90 Å². The lowest BCUT2D eigenvalue weighted by Crippen LogP contribution is -2.48. The van der Waals surface area contributed by atoms with Crippen LogP contribution in [0, 0.1) is 16.0 Å². The summed E-state index contributed by atoms with van der Waals surface area (Å²) in [6.45, 7) is 1.01. The molecule has 0 atom stereocenters. The van der Waals surface area contributed by atoms with Crippen molar-refractivity contribution < 1.29 is 14.8 Å². The van der Waals surface area contributed by atoms with Gasteiger partial charge in [0.15, 0.2) is 0 Å². The number of anilines is 1. The minimum Gasteiger partial charge on any atom is -0.481 e. The summed E-state index contributed by atoms with van der Waals surface area (Å²) in [5.74, 6) is -0.474. The Labute approximate surface area is 96.8 Å². The first-order valence-electron chi connectivity index (χ1n) is 5.14. The summed E-state index contributed by atoms with van der Waals surface area (Å²) in [5, 5.41) is 19.4. The highest BCUT2D eigenvalue weighted by atomic mass is 16.6. The summed E-state index contributed by atoms with van der Waals surface area (Å²) >= 11 is 0. The molecular weight excluding hydrogens is 226 g/mol. The second-order valence-electron chi connectivity index (χ2n) is 3.97. The lowest BCUT2D eigenvalue weighted by molar-refractivity contribution is -0.384. The Morgan fingerprint density at radius 1 is 1.65 bits per heavy atom.